The quantitative estimate of drug-likeness (QED) is 0.778. The maximum atomic E-state index is 12.3. The standard InChI is InChI=1S/C18H21ClN2O3S2/c1-12-5-4-6-13(17(12)19)9-14-10-20-18(25-14)21-16(22)11-26(23,24)15-7-2-3-8-15/h4-6,10,15H,2-3,7-9,11H2,1H3,(H,20,21,22). The summed E-state index contributed by atoms with van der Waals surface area (Å²) in [5.41, 5.74) is 2.01. The van der Waals surface area contributed by atoms with Crippen LogP contribution in [0.3, 0.4) is 0 Å². The summed E-state index contributed by atoms with van der Waals surface area (Å²) in [5.74, 6) is -0.998. The van der Waals surface area contributed by atoms with Gasteiger partial charge in [0.2, 0.25) is 5.91 Å². The maximum absolute atomic E-state index is 12.3. The Morgan fingerprint density at radius 3 is 2.81 bits per heavy atom. The molecule has 0 saturated heterocycles. The molecule has 1 fully saturated rings. The molecule has 8 heteroatoms. The Bertz CT molecular complexity index is 903. The number of hydrogen-bond acceptors (Lipinski definition) is 5. The topological polar surface area (TPSA) is 76.1 Å². The van der Waals surface area contributed by atoms with Crippen molar-refractivity contribution in [2.45, 2.75) is 44.3 Å². The van der Waals surface area contributed by atoms with Crippen LogP contribution in [0.1, 0.15) is 41.7 Å². The molecule has 1 aliphatic rings. The molecule has 0 radical (unpaired) electrons. The third-order valence-electron chi connectivity index (χ3n) is 4.58. The largest absolute Gasteiger partial charge is 0.301 e. The van der Waals surface area contributed by atoms with E-state index in [-0.39, 0.29) is 5.25 Å². The van der Waals surface area contributed by atoms with Crippen LogP contribution in [-0.2, 0) is 21.1 Å². The first kappa shape index (κ1) is 19.3. The second-order valence-electron chi connectivity index (χ2n) is 6.62. The number of rotatable bonds is 6. The highest BCUT2D eigenvalue weighted by molar-refractivity contribution is 7.92. The number of aryl methyl sites for hydroxylation is 1. The van der Waals surface area contributed by atoms with Gasteiger partial charge < -0.3 is 5.32 Å². The molecule has 1 heterocycles. The van der Waals surface area contributed by atoms with Crippen molar-refractivity contribution in [2.24, 2.45) is 0 Å². The van der Waals surface area contributed by atoms with Gasteiger partial charge in [-0.3, -0.25) is 4.79 Å². The maximum Gasteiger partial charge on any atom is 0.241 e. The smallest absolute Gasteiger partial charge is 0.241 e. The summed E-state index contributed by atoms with van der Waals surface area (Å²) < 4.78 is 24.5. The van der Waals surface area contributed by atoms with Gasteiger partial charge in [-0.05, 0) is 30.9 Å². The van der Waals surface area contributed by atoms with Gasteiger partial charge in [-0.25, -0.2) is 13.4 Å². The number of aromatic nitrogens is 1. The predicted octanol–water partition coefficient (Wildman–Crippen LogP) is 3.99. The zero-order valence-electron chi connectivity index (χ0n) is 14.5. The first-order chi connectivity index (χ1) is 12.3. The van der Waals surface area contributed by atoms with Crippen LogP contribution in [-0.4, -0.2) is 30.3 Å². The zero-order valence-corrected chi connectivity index (χ0v) is 16.9. The fourth-order valence-electron chi connectivity index (χ4n) is 3.18. The minimum atomic E-state index is -3.38. The van der Waals surface area contributed by atoms with Gasteiger partial charge in [0.1, 0.15) is 5.75 Å². The fraction of sp³-hybridized carbons (Fsp3) is 0.444. The molecule has 140 valence electrons. The number of carbonyl (C=O) groups is 1. The first-order valence-corrected chi connectivity index (χ1v) is 11.5. The van der Waals surface area contributed by atoms with Gasteiger partial charge in [0.15, 0.2) is 15.0 Å². The molecular weight excluding hydrogens is 392 g/mol. The lowest BCUT2D eigenvalue weighted by molar-refractivity contribution is -0.113. The molecule has 2 aromatic rings. The molecule has 0 spiro atoms. The average molecular weight is 413 g/mol. The lowest BCUT2D eigenvalue weighted by Crippen LogP contribution is -2.29. The summed E-state index contributed by atoms with van der Waals surface area (Å²) in [6.45, 7) is 1.95. The van der Waals surface area contributed by atoms with Crippen LogP contribution in [0.5, 0.6) is 0 Å². The first-order valence-electron chi connectivity index (χ1n) is 8.55. The van der Waals surface area contributed by atoms with E-state index in [0.717, 1.165) is 33.9 Å². The van der Waals surface area contributed by atoms with Crippen LogP contribution < -0.4 is 5.32 Å². The monoisotopic (exact) mass is 412 g/mol. The van der Waals surface area contributed by atoms with Crippen molar-refractivity contribution < 1.29 is 13.2 Å². The highest BCUT2D eigenvalue weighted by Crippen LogP contribution is 2.27. The highest BCUT2D eigenvalue weighted by atomic mass is 35.5. The van der Waals surface area contributed by atoms with Crippen molar-refractivity contribution in [3.8, 4) is 0 Å². The van der Waals surface area contributed by atoms with Gasteiger partial charge in [0.25, 0.3) is 0 Å². The van der Waals surface area contributed by atoms with Crippen molar-refractivity contribution in [2.75, 3.05) is 11.1 Å². The summed E-state index contributed by atoms with van der Waals surface area (Å²) >= 11 is 7.65. The zero-order chi connectivity index (χ0) is 18.7. The summed E-state index contributed by atoms with van der Waals surface area (Å²) in [6.07, 6.45) is 5.47. The van der Waals surface area contributed by atoms with E-state index in [1.54, 1.807) is 6.20 Å². The molecule has 0 bridgehead atoms. The number of nitrogens with one attached hydrogen (secondary N) is 1. The Balaban J connectivity index is 1.61. The minimum Gasteiger partial charge on any atom is -0.301 e. The Labute approximate surface area is 162 Å². The van der Waals surface area contributed by atoms with E-state index in [0.29, 0.717) is 24.4 Å². The molecular formula is C18H21ClN2O3S2. The number of sulfone groups is 1. The van der Waals surface area contributed by atoms with Crippen LogP contribution in [0.25, 0.3) is 0 Å². The minimum absolute atomic E-state index is 0.372. The molecule has 1 aliphatic carbocycles. The van der Waals surface area contributed by atoms with Crippen molar-refractivity contribution in [1.82, 2.24) is 4.98 Å². The summed E-state index contributed by atoms with van der Waals surface area (Å²) in [4.78, 5) is 17.2. The number of amides is 1. The normalized spacial score (nSPS) is 15.3. The Morgan fingerprint density at radius 1 is 1.35 bits per heavy atom. The Kier molecular flexibility index (Phi) is 5.99. The van der Waals surface area contributed by atoms with Crippen molar-refractivity contribution >= 4 is 43.8 Å². The van der Waals surface area contributed by atoms with Crippen LogP contribution in [0.2, 0.25) is 5.02 Å². The van der Waals surface area contributed by atoms with E-state index in [4.69, 9.17) is 11.6 Å². The van der Waals surface area contributed by atoms with E-state index in [1.807, 2.05) is 25.1 Å². The summed E-state index contributed by atoms with van der Waals surface area (Å²) in [6, 6.07) is 5.87. The molecule has 1 aromatic heterocycles. The number of thiazole rings is 1. The van der Waals surface area contributed by atoms with Crippen molar-refractivity contribution in [3.05, 3.63) is 45.4 Å². The SMILES string of the molecule is Cc1cccc(Cc2cnc(NC(=O)CS(=O)(=O)C3CCCC3)s2)c1Cl. The molecule has 1 saturated carbocycles. The number of anilines is 1. The van der Waals surface area contributed by atoms with Gasteiger partial charge in [-0.2, -0.15) is 0 Å². The third kappa shape index (κ3) is 4.64. The molecule has 0 atom stereocenters. The molecule has 1 amide bonds. The number of halogens is 1. The lowest BCUT2D eigenvalue weighted by atomic mass is 10.1. The predicted molar refractivity (Wildman–Crippen MR) is 106 cm³/mol. The van der Waals surface area contributed by atoms with Crippen molar-refractivity contribution in [1.29, 1.82) is 0 Å². The van der Waals surface area contributed by atoms with Gasteiger partial charge in [-0.1, -0.05) is 42.6 Å². The number of benzene rings is 1. The van der Waals surface area contributed by atoms with E-state index in [9.17, 15) is 13.2 Å². The molecule has 1 aromatic carbocycles. The highest BCUT2D eigenvalue weighted by Gasteiger charge is 2.30. The second-order valence-corrected chi connectivity index (χ2v) is 10.4. The van der Waals surface area contributed by atoms with E-state index < -0.39 is 21.5 Å². The molecule has 26 heavy (non-hydrogen) atoms. The molecule has 0 aliphatic heterocycles. The van der Waals surface area contributed by atoms with Gasteiger partial charge in [0, 0.05) is 22.5 Å². The van der Waals surface area contributed by atoms with E-state index in [1.165, 1.54) is 11.3 Å². The van der Waals surface area contributed by atoms with Crippen LogP contribution in [0.15, 0.2) is 24.4 Å². The van der Waals surface area contributed by atoms with Crippen molar-refractivity contribution in [3.63, 3.8) is 0 Å². The molecule has 1 N–H and O–H groups in total. The molecule has 5 nitrogen and oxygen atoms in total. The van der Waals surface area contributed by atoms with Crippen LogP contribution in [0.4, 0.5) is 5.13 Å². The second kappa shape index (κ2) is 8.06. The lowest BCUT2D eigenvalue weighted by Gasteiger charge is -2.10. The molecule has 0 unspecified atom stereocenters. The number of hydrogen-bond donors (Lipinski definition) is 1. The van der Waals surface area contributed by atoms with E-state index in [2.05, 4.69) is 10.3 Å². The Hall–Kier alpha value is -1.44. The van der Waals surface area contributed by atoms with E-state index >= 15 is 0 Å². The Morgan fingerprint density at radius 2 is 2.08 bits per heavy atom. The van der Waals surface area contributed by atoms with Crippen LogP contribution >= 0.6 is 22.9 Å². The van der Waals surface area contributed by atoms with Crippen LogP contribution in [0, 0.1) is 6.92 Å². The van der Waals surface area contributed by atoms with Gasteiger partial charge >= 0.3 is 0 Å². The third-order valence-corrected chi connectivity index (χ3v) is 8.18. The van der Waals surface area contributed by atoms with Gasteiger partial charge in [-0.15, -0.1) is 11.3 Å². The summed E-state index contributed by atoms with van der Waals surface area (Å²) in [7, 11) is -3.38. The van der Waals surface area contributed by atoms with Gasteiger partial charge in [0.05, 0.1) is 5.25 Å². The summed E-state index contributed by atoms with van der Waals surface area (Å²) in [5, 5.41) is 3.38. The number of nitrogens with zero attached hydrogens (tertiary/aromatic N) is 1. The average Bonchev–Trinajstić information content (AvgIpc) is 3.23. The fourth-order valence-corrected chi connectivity index (χ4v) is 5.95. The molecule has 3 rings (SSSR count). The number of carbonyl (C=O) groups excluding carboxylic acids is 1.